The molecule has 4 nitrogen and oxygen atoms in total. The van der Waals surface area contributed by atoms with Gasteiger partial charge in [-0.25, -0.2) is 0 Å². The smallest absolute Gasteiger partial charge is 0.133 e. The summed E-state index contributed by atoms with van der Waals surface area (Å²) >= 11 is 0. The van der Waals surface area contributed by atoms with E-state index in [1.165, 1.54) is 27.5 Å². The zero-order valence-electron chi connectivity index (χ0n) is 25.0. The standard InChI is InChI=1S/C39H36N2O2/c1-24-20-29(21-25(2)38(24)42-33-16-12-31(40)13-17-33)37(36-11-7-9-28-8-5-6-10-35(28)36)30-22-26(3)39(27(4)23-30)43-34-18-14-32(41)15-19-34/h5-23,37H,40-41H2,1-4H3. The van der Waals surface area contributed by atoms with Crippen molar-refractivity contribution >= 4 is 22.1 Å². The predicted molar refractivity (Wildman–Crippen MR) is 179 cm³/mol. The molecule has 0 heterocycles. The number of hydrogen-bond acceptors (Lipinski definition) is 4. The van der Waals surface area contributed by atoms with Crippen LogP contribution in [0.15, 0.2) is 115 Å². The highest BCUT2D eigenvalue weighted by Crippen LogP contribution is 2.42. The number of anilines is 2. The highest BCUT2D eigenvalue weighted by molar-refractivity contribution is 5.87. The molecule has 0 fully saturated rings. The lowest BCUT2D eigenvalue weighted by atomic mass is 9.80. The largest absolute Gasteiger partial charge is 0.457 e. The van der Waals surface area contributed by atoms with E-state index in [-0.39, 0.29) is 5.92 Å². The Balaban J connectivity index is 1.47. The fraction of sp³-hybridized carbons (Fsp3) is 0.128. The molecule has 0 amide bonds. The third-order valence-electron chi connectivity index (χ3n) is 7.97. The topological polar surface area (TPSA) is 70.5 Å². The summed E-state index contributed by atoms with van der Waals surface area (Å²) in [5, 5.41) is 2.46. The molecule has 0 aliphatic heterocycles. The lowest BCUT2D eigenvalue weighted by molar-refractivity contribution is 0.474. The Kier molecular flexibility index (Phi) is 7.52. The maximum atomic E-state index is 6.35. The van der Waals surface area contributed by atoms with E-state index in [0.717, 1.165) is 45.3 Å². The molecular weight excluding hydrogens is 528 g/mol. The van der Waals surface area contributed by atoms with E-state index in [1.807, 2.05) is 48.5 Å². The first-order valence-electron chi connectivity index (χ1n) is 14.5. The quantitative estimate of drug-likeness (QED) is 0.149. The van der Waals surface area contributed by atoms with Crippen LogP contribution in [0.2, 0.25) is 0 Å². The second-order valence-corrected chi connectivity index (χ2v) is 11.3. The predicted octanol–water partition coefficient (Wildman–Crippen LogP) is 10.0. The van der Waals surface area contributed by atoms with Crippen LogP contribution in [0.1, 0.15) is 44.9 Å². The van der Waals surface area contributed by atoms with Crippen molar-refractivity contribution in [3.8, 4) is 23.0 Å². The molecule has 0 aliphatic rings. The molecule has 0 aromatic heterocycles. The third kappa shape index (κ3) is 5.77. The van der Waals surface area contributed by atoms with Crippen molar-refractivity contribution in [1.82, 2.24) is 0 Å². The van der Waals surface area contributed by atoms with Crippen molar-refractivity contribution in [3.63, 3.8) is 0 Å². The SMILES string of the molecule is Cc1cc(C(c2cc(C)c(Oc3ccc(N)cc3)c(C)c2)c2cccc3ccccc23)cc(C)c1Oc1ccc(N)cc1. The Bertz CT molecular complexity index is 1770. The number of nitrogens with two attached hydrogens (primary N) is 2. The molecule has 43 heavy (non-hydrogen) atoms. The molecule has 0 unspecified atom stereocenters. The van der Waals surface area contributed by atoms with Gasteiger partial charge in [0, 0.05) is 17.3 Å². The summed E-state index contributed by atoms with van der Waals surface area (Å²) in [5.74, 6) is 3.26. The van der Waals surface area contributed by atoms with Crippen LogP contribution in [-0.2, 0) is 0 Å². The summed E-state index contributed by atoms with van der Waals surface area (Å²) in [6, 6.07) is 39.3. The lowest BCUT2D eigenvalue weighted by Gasteiger charge is -2.25. The van der Waals surface area contributed by atoms with Crippen LogP contribution in [0.3, 0.4) is 0 Å². The average Bonchev–Trinajstić information content (AvgIpc) is 2.99. The molecule has 4 heteroatoms. The van der Waals surface area contributed by atoms with E-state index < -0.39 is 0 Å². The van der Waals surface area contributed by atoms with Crippen molar-refractivity contribution in [1.29, 1.82) is 0 Å². The van der Waals surface area contributed by atoms with Gasteiger partial charge in [-0.3, -0.25) is 0 Å². The third-order valence-corrected chi connectivity index (χ3v) is 7.97. The van der Waals surface area contributed by atoms with Gasteiger partial charge in [0.25, 0.3) is 0 Å². The van der Waals surface area contributed by atoms with Crippen LogP contribution in [0, 0.1) is 27.7 Å². The first-order chi connectivity index (χ1) is 20.8. The van der Waals surface area contributed by atoms with Crippen molar-refractivity contribution in [2.75, 3.05) is 11.5 Å². The van der Waals surface area contributed by atoms with E-state index >= 15 is 0 Å². The molecule has 6 rings (SSSR count). The van der Waals surface area contributed by atoms with Crippen molar-refractivity contribution in [3.05, 3.63) is 154 Å². The van der Waals surface area contributed by atoms with Crippen LogP contribution in [0.4, 0.5) is 11.4 Å². The van der Waals surface area contributed by atoms with Gasteiger partial charge >= 0.3 is 0 Å². The molecule has 0 aliphatic carbocycles. The van der Waals surface area contributed by atoms with Crippen LogP contribution < -0.4 is 20.9 Å². The van der Waals surface area contributed by atoms with Gasteiger partial charge in [0.1, 0.15) is 23.0 Å². The highest BCUT2D eigenvalue weighted by Gasteiger charge is 2.23. The van der Waals surface area contributed by atoms with Gasteiger partial charge < -0.3 is 20.9 Å². The number of nitrogen functional groups attached to an aromatic ring is 2. The molecule has 6 aromatic carbocycles. The van der Waals surface area contributed by atoms with Gasteiger partial charge in [0.15, 0.2) is 0 Å². The first-order valence-corrected chi connectivity index (χ1v) is 14.5. The summed E-state index contributed by atoms with van der Waals surface area (Å²) in [4.78, 5) is 0. The molecule has 4 N–H and O–H groups in total. The molecule has 0 radical (unpaired) electrons. The number of ether oxygens (including phenoxy) is 2. The van der Waals surface area contributed by atoms with E-state index in [2.05, 4.69) is 94.4 Å². The summed E-state index contributed by atoms with van der Waals surface area (Å²) in [6.45, 7) is 8.46. The first kappa shape index (κ1) is 27.9. The maximum Gasteiger partial charge on any atom is 0.133 e. The van der Waals surface area contributed by atoms with E-state index in [4.69, 9.17) is 20.9 Å². The van der Waals surface area contributed by atoms with Gasteiger partial charge in [-0.05, 0) is 126 Å². The minimum absolute atomic E-state index is 0.00273. The molecular formula is C39H36N2O2. The van der Waals surface area contributed by atoms with Crippen LogP contribution in [-0.4, -0.2) is 0 Å². The summed E-state index contributed by atoms with van der Waals surface area (Å²) < 4.78 is 12.7. The Labute approximate surface area is 253 Å². The minimum atomic E-state index is -0.00273. The number of rotatable bonds is 7. The summed E-state index contributed by atoms with van der Waals surface area (Å²) in [6.07, 6.45) is 0. The second-order valence-electron chi connectivity index (χ2n) is 11.3. The van der Waals surface area contributed by atoms with E-state index in [0.29, 0.717) is 11.4 Å². The Morgan fingerprint density at radius 3 is 1.37 bits per heavy atom. The maximum absolute atomic E-state index is 6.35. The van der Waals surface area contributed by atoms with Crippen molar-refractivity contribution in [2.45, 2.75) is 33.6 Å². The zero-order valence-corrected chi connectivity index (χ0v) is 25.0. The minimum Gasteiger partial charge on any atom is -0.457 e. The monoisotopic (exact) mass is 564 g/mol. The highest BCUT2D eigenvalue weighted by atomic mass is 16.5. The Morgan fingerprint density at radius 1 is 0.488 bits per heavy atom. The number of fused-ring (bicyclic) bond motifs is 1. The van der Waals surface area contributed by atoms with Crippen LogP contribution in [0.5, 0.6) is 23.0 Å². The molecule has 0 atom stereocenters. The number of hydrogen-bond donors (Lipinski definition) is 2. The zero-order chi connectivity index (χ0) is 30.1. The fourth-order valence-corrected chi connectivity index (χ4v) is 5.98. The van der Waals surface area contributed by atoms with E-state index in [9.17, 15) is 0 Å². The van der Waals surface area contributed by atoms with Crippen molar-refractivity contribution < 1.29 is 9.47 Å². The summed E-state index contributed by atoms with van der Waals surface area (Å²) in [7, 11) is 0. The van der Waals surface area contributed by atoms with Gasteiger partial charge in [-0.2, -0.15) is 0 Å². The van der Waals surface area contributed by atoms with Gasteiger partial charge in [-0.1, -0.05) is 66.7 Å². The summed E-state index contributed by atoms with van der Waals surface area (Å²) in [5.41, 5.74) is 21.2. The molecule has 6 aromatic rings. The van der Waals surface area contributed by atoms with E-state index in [1.54, 1.807) is 0 Å². The number of benzene rings is 6. The second kappa shape index (κ2) is 11.6. The van der Waals surface area contributed by atoms with Gasteiger partial charge in [0.05, 0.1) is 0 Å². The normalized spacial score (nSPS) is 11.2. The molecule has 0 saturated heterocycles. The van der Waals surface area contributed by atoms with Gasteiger partial charge in [-0.15, -0.1) is 0 Å². The molecule has 0 saturated carbocycles. The molecule has 0 spiro atoms. The van der Waals surface area contributed by atoms with Crippen LogP contribution >= 0.6 is 0 Å². The van der Waals surface area contributed by atoms with Gasteiger partial charge in [0.2, 0.25) is 0 Å². The fourth-order valence-electron chi connectivity index (χ4n) is 5.98. The Hall–Kier alpha value is -5.22. The number of aryl methyl sites for hydroxylation is 4. The molecule has 214 valence electrons. The average molecular weight is 565 g/mol. The van der Waals surface area contributed by atoms with Crippen molar-refractivity contribution in [2.24, 2.45) is 0 Å². The van der Waals surface area contributed by atoms with Crippen LogP contribution in [0.25, 0.3) is 10.8 Å². The Morgan fingerprint density at radius 2 is 0.907 bits per heavy atom. The molecule has 0 bridgehead atoms. The lowest BCUT2D eigenvalue weighted by Crippen LogP contribution is -2.07.